The molecule has 0 saturated heterocycles. The molecule has 132 valence electrons. The van der Waals surface area contributed by atoms with E-state index in [2.05, 4.69) is 25.8 Å². The van der Waals surface area contributed by atoms with Crippen molar-refractivity contribution in [2.24, 2.45) is 12.0 Å². The lowest BCUT2D eigenvalue weighted by molar-refractivity contribution is 0.550. The zero-order valence-corrected chi connectivity index (χ0v) is 16.3. The molecule has 9 heteroatoms. The van der Waals surface area contributed by atoms with Gasteiger partial charge < -0.3 is 15.2 Å². The topological polar surface area (TPSA) is 67.1 Å². The van der Waals surface area contributed by atoms with Crippen LogP contribution >= 0.6 is 24.0 Å². The maximum Gasteiger partial charge on any atom is 0.191 e. The zero-order chi connectivity index (χ0) is 17.0. The second-order valence-electron chi connectivity index (χ2n) is 5.18. The number of hydrogen-bond donors (Lipinski definition) is 2. The maximum absolute atomic E-state index is 13.8. The normalized spacial score (nSPS) is 12.5. The van der Waals surface area contributed by atoms with Crippen LogP contribution in [-0.4, -0.2) is 27.8 Å². The minimum atomic E-state index is -0.599. The Morgan fingerprint density at radius 2 is 2.04 bits per heavy atom. The first-order valence-corrected chi connectivity index (χ1v) is 7.19. The average molecular weight is 450 g/mol. The van der Waals surface area contributed by atoms with Crippen LogP contribution in [0.15, 0.2) is 23.2 Å². The van der Waals surface area contributed by atoms with Gasteiger partial charge in [0.05, 0.1) is 12.6 Å². The molecule has 1 aromatic carbocycles. The maximum atomic E-state index is 13.8. The number of aliphatic imine (C=N–C) groups is 1. The summed E-state index contributed by atoms with van der Waals surface area (Å²) in [5.74, 6) is 0.863. The number of benzene rings is 1. The molecule has 0 amide bonds. The minimum Gasteiger partial charge on any atom is -0.350 e. The van der Waals surface area contributed by atoms with Gasteiger partial charge in [-0.2, -0.15) is 0 Å². The number of aryl methyl sites for hydroxylation is 1. The van der Waals surface area contributed by atoms with Gasteiger partial charge in [0.2, 0.25) is 0 Å². The third kappa shape index (κ3) is 4.86. The molecule has 1 unspecified atom stereocenters. The Balaban J connectivity index is 0.00000288. The number of hydrogen-bond acceptors (Lipinski definition) is 3. The van der Waals surface area contributed by atoms with Crippen molar-refractivity contribution in [3.05, 3.63) is 47.0 Å². The summed E-state index contributed by atoms with van der Waals surface area (Å²) in [5.41, 5.74) is 0.365. The highest BCUT2D eigenvalue weighted by Crippen LogP contribution is 2.17. The van der Waals surface area contributed by atoms with E-state index < -0.39 is 11.6 Å². The number of guanidine groups is 1. The van der Waals surface area contributed by atoms with E-state index in [0.717, 1.165) is 17.7 Å². The predicted molar refractivity (Wildman–Crippen MR) is 99.3 cm³/mol. The average Bonchev–Trinajstić information content (AvgIpc) is 2.82. The second kappa shape index (κ2) is 8.90. The summed E-state index contributed by atoms with van der Waals surface area (Å²) >= 11 is 0. The minimum absolute atomic E-state index is 0. The van der Waals surface area contributed by atoms with Crippen molar-refractivity contribution < 1.29 is 8.78 Å². The molecule has 1 aromatic heterocycles. The number of aromatic nitrogens is 3. The van der Waals surface area contributed by atoms with Gasteiger partial charge in [0.15, 0.2) is 11.8 Å². The predicted octanol–water partition coefficient (Wildman–Crippen LogP) is 2.45. The van der Waals surface area contributed by atoms with Crippen LogP contribution in [0.5, 0.6) is 0 Å². The Hall–Kier alpha value is -1.78. The monoisotopic (exact) mass is 450 g/mol. The standard InChI is InChI=1S/C15H20F2N6.HI/c1-9(12-6-5-11(16)7-13(12)17)20-15(18-3)19-8-14-22-21-10(2)23(14)4;/h5-7,9H,8H2,1-4H3,(H2,18,19,20);1H. The molecule has 1 atom stereocenters. The van der Waals surface area contributed by atoms with Crippen LogP contribution in [0.2, 0.25) is 0 Å². The third-order valence-corrected chi connectivity index (χ3v) is 3.60. The van der Waals surface area contributed by atoms with Gasteiger partial charge >= 0.3 is 0 Å². The van der Waals surface area contributed by atoms with E-state index in [4.69, 9.17) is 0 Å². The number of halogens is 3. The van der Waals surface area contributed by atoms with Gasteiger partial charge in [-0.25, -0.2) is 8.78 Å². The summed E-state index contributed by atoms with van der Waals surface area (Å²) in [7, 11) is 3.49. The van der Waals surface area contributed by atoms with Crippen molar-refractivity contribution >= 4 is 29.9 Å². The van der Waals surface area contributed by atoms with Crippen LogP contribution < -0.4 is 10.6 Å². The van der Waals surface area contributed by atoms with Gasteiger partial charge in [-0.05, 0) is 19.9 Å². The van der Waals surface area contributed by atoms with Gasteiger partial charge in [-0.3, -0.25) is 4.99 Å². The van der Waals surface area contributed by atoms with Crippen LogP contribution in [0.4, 0.5) is 8.78 Å². The quantitative estimate of drug-likeness (QED) is 0.427. The lowest BCUT2D eigenvalue weighted by Gasteiger charge is -2.18. The number of rotatable bonds is 4. The first-order valence-electron chi connectivity index (χ1n) is 7.19. The van der Waals surface area contributed by atoms with E-state index in [9.17, 15) is 8.78 Å². The fourth-order valence-electron chi connectivity index (χ4n) is 2.10. The SMILES string of the molecule is CN=C(NCc1nnc(C)n1C)NC(C)c1ccc(F)cc1F.I. The lowest BCUT2D eigenvalue weighted by Crippen LogP contribution is -2.39. The molecule has 0 aliphatic rings. The molecule has 0 aliphatic heterocycles. The number of nitrogens with zero attached hydrogens (tertiary/aromatic N) is 4. The molecule has 6 nitrogen and oxygen atoms in total. The summed E-state index contributed by atoms with van der Waals surface area (Å²) in [6.07, 6.45) is 0. The van der Waals surface area contributed by atoms with Crippen LogP contribution in [-0.2, 0) is 13.6 Å². The summed E-state index contributed by atoms with van der Waals surface area (Å²) in [5, 5.41) is 14.2. The molecule has 0 aliphatic carbocycles. The van der Waals surface area contributed by atoms with Crippen LogP contribution in [0.25, 0.3) is 0 Å². The molecule has 0 fully saturated rings. The molecule has 0 bridgehead atoms. The number of nitrogens with one attached hydrogen (secondary N) is 2. The van der Waals surface area contributed by atoms with Crippen molar-refractivity contribution in [1.82, 2.24) is 25.4 Å². The largest absolute Gasteiger partial charge is 0.350 e. The van der Waals surface area contributed by atoms with E-state index in [0.29, 0.717) is 18.1 Å². The Morgan fingerprint density at radius 3 is 2.58 bits per heavy atom. The van der Waals surface area contributed by atoms with Gasteiger partial charge in [-0.15, -0.1) is 34.2 Å². The molecule has 0 radical (unpaired) electrons. The van der Waals surface area contributed by atoms with Gasteiger partial charge in [-0.1, -0.05) is 6.07 Å². The van der Waals surface area contributed by atoms with Crippen molar-refractivity contribution in [2.75, 3.05) is 7.05 Å². The second-order valence-corrected chi connectivity index (χ2v) is 5.18. The van der Waals surface area contributed by atoms with Gasteiger partial charge in [0.1, 0.15) is 17.5 Å². The summed E-state index contributed by atoms with van der Waals surface area (Å²) in [6, 6.07) is 3.14. The van der Waals surface area contributed by atoms with E-state index in [-0.39, 0.29) is 30.0 Å². The molecule has 2 rings (SSSR count). The highest BCUT2D eigenvalue weighted by Gasteiger charge is 2.13. The highest BCUT2D eigenvalue weighted by molar-refractivity contribution is 14.0. The van der Waals surface area contributed by atoms with E-state index >= 15 is 0 Å². The van der Waals surface area contributed by atoms with Gasteiger partial charge in [0.25, 0.3) is 0 Å². The first-order chi connectivity index (χ1) is 10.9. The molecular formula is C15H21F2IN6. The van der Waals surface area contributed by atoms with E-state index in [1.165, 1.54) is 12.1 Å². The van der Waals surface area contributed by atoms with E-state index in [1.54, 1.807) is 14.0 Å². The summed E-state index contributed by atoms with van der Waals surface area (Å²) < 4.78 is 28.6. The Labute approximate surface area is 156 Å². The molecule has 24 heavy (non-hydrogen) atoms. The van der Waals surface area contributed by atoms with Crippen LogP contribution in [0.3, 0.4) is 0 Å². The Bertz CT molecular complexity index is 716. The van der Waals surface area contributed by atoms with Crippen LogP contribution in [0.1, 0.15) is 30.2 Å². The lowest BCUT2D eigenvalue weighted by atomic mass is 10.1. The van der Waals surface area contributed by atoms with Crippen molar-refractivity contribution in [3.63, 3.8) is 0 Å². The summed E-state index contributed by atoms with van der Waals surface area (Å²) in [4.78, 5) is 4.09. The fourth-order valence-corrected chi connectivity index (χ4v) is 2.10. The third-order valence-electron chi connectivity index (χ3n) is 3.60. The molecule has 2 N–H and O–H groups in total. The first kappa shape index (κ1) is 20.3. The molecule has 0 saturated carbocycles. The summed E-state index contributed by atoms with van der Waals surface area (Å²) in [6.45, 7) is 4.06. The van der Waals surface area contributed by atoms with Crippen molar-refractivity contribution in [3.8, 4) is 0 Å². The molecule has 2 aromatic rings. The van der Waals surface area contributed by atoms with Gasteiger partial charge in [0, 0.05) is 25.7 Å². The molecular weight excluding hydrogens is 429 g/mol. The van der Waals surface area contributed by atoms with Crippen LogP contribution in [0, 0.1) is 18.6 Å². The van der Waals surface area contributed by atoms with Crippen molar-refractivity contribution in [1.29, 1.82) is 0 Å². The molecule has 1 heterocycles. The zero-order valence-electron chi connectivity index (χ0n) is 14.0. The highest BCUT2D eigenvalue weighted by atomic mass is 127. The molecule has 0 spiro atoms. The van der Waals surface area contributed by atoms with Crippen molar-refractivity contribution in [2.45, 2.75) is 26.4 Å². The Kier molecular flexibility index (Phi) is 7.52. The smallest absolute Gasteiger partial charge is 0.191 e. The van der Waals surface area contributed by atoms with E-state index in [1.807, 2.05) is 18.5 Å². The Morgan fingerprint density at radius 1 is 1.33 bits per heavy atom. The fraction of sp³-hybridized carbons (Fsp3) is 0.400.